The molecule has 1 N–H and O–H groups in total. The van der Waals surface area contributed by atoms with E-state index < -0.39 is 24.1 Å². The average molecular weight is 497 g/mol. The number of hydrogen-bond acceptors (Lipinski definition) is 3. The van der Waals surface area contributed by atoms with E-state index in [1.54, 1.807) is 4.90 Å². The summed E-state index contributed by atoms with van der Waals surface area (Å²) >= 11 is 5.97. The summed E-state index contributed by atoms with van der Waals surface area (Å²) in [4.78, 5) is 27.6. The van der Waals surface area contributed by atoms with Crippen LogP contribution in [0.2, 0.25) is 5.02 Å². The molecule has 1 saturated heterocycles. The summed E-state index contributed by atoms with van der Waals surface area (Å²) in [6, 6.07) is 12.3. The van der Waals surface area contributed by atoms with Crippen molar-refractivity contribution in [3.05, 3.63) is 64.7 Å². The number of rotatable bonds is 7. The molecule has 2 amide bonds. The van der Waals surface area contributed by atoms with Gasteiger partial charge in [0.1, 0.15) is 11.8 Å². The van der Waals surface area contributed by atoms with Crippen LogP contribution in [0.5, 0.6) is 5.75 Å². The lowest BCUT2D eigenvalue weighted by Gasteiger charge is -2.35. The van der Waals surface area contributed by atoms with E-state index in [1.807, 2.05) is 38.1 Å². The predicted octanol–water partition coefficient (Wildman–Crippen LogP) is 5.33. The molecule has 184 valence electrons. The minimum Gasteiger partial charge on any atom is -0.406 e. The largest absolute Gasteiger partial charge is 0.573 e. The van der Waals surface area contributed by atoms with E-state index in [9.17, 15) is 22.8 Å². The second kappa shape index (κ2) is 11.1. The van der Waals surface area contributed by atoms with Gasteiger partial charge in [-0.1, -0.05) is 49.7 Å². The summed E-state index contributed by atoms with van der Waals surface area (Å²) in [5.41, 5.74) is 1.56. The lowest BCUT2D eigenvalue weighted by atomic mass is 9.89. The van der Waals surface area contributed by atoms with Gasteiger partial charge in [-0.25, -0.2) is 0 Å². The first kappa shape index (κ1) is 25.9. The molecule has 34 heavy (non-hydrogen) atoms. The lowest BCUT2D eigenvalue weighted by Crippen LogP contribution is -2.53. The molecule has 1 aliphatic rings. The van der Waals surface area contributed by atoms with E-state index in [1.165, 1.54) is 29.8 Å². The molecule has 0 saturated carbocycles. The number of carbonyl (C=O) groups is 2. The van der Waals surface area contributed by atoms with Crippen LogP contribution in [0.3, 0.4) is 0 Å². The third-order valence-electron chi connectivity index (χ3n) is 5.89. The van der Waals surface area contributed by atoms with Crippen molar-refractivity contribution >= 4 is 23.4 Å². The lowest BCUT2D eigenvalue weighted by molar-refractivity contribution is -0.274. The molecule has 3 rings (SSSR count). The van der Waals surface area contributed by atoms with Gasteiger partial charge in [0.05, 0.1) is 6.42 Å². The fourth-order valence-electron chi connectivity index (χ4n) is 4.14. The number of hydrogen-bond donors (Lipinski definition) is 1. The minimum absolute atomic E-state index is 0.146. The summed E-state index contributed by atoms with van der Waals surface area (Å²) in [6.07, 6.45) is -3.34. The first-order chi connectivity index (χ1) is 16.0. The molecular weight excluding hydrogens is 469 g/mol. The Morgan fingerprint density at radius 1 is 1.12 bits per heavy atom. The van der Waals surface area contributed by atoms with Crippen molar-refractivity contribution in [1.29, 1.82) is 0 Å². The Bertz CT molecular complexity index is 988. The van der Waals surface area contributed by atoms with E-state index in [-0.39, 0.29) is 18.2 Å². The number of nitrogens with one attached hydrogen (secondary N) is 1. The van der Waals surface area contributed by atoms with Crippen LogP contribution in [0.4, 0.5) is 13.2 Å². The molecule has 2 aromatic carbocycles. The Morgan fingerprint density at radius 3 is 2.35 bits per heavy atom. The molecule has 0 bridgehead atoms. The van der Waals surface area contributed by atoms with E-state index in [4.69, 9.17) is 11.6 Å². The number of likely N-dealkylation sites (tertiary alicyclic amines) is 1. The highest BCUT2D eigenvalue weighted by molar-refractivity contribution is 6.30. The van der Waals surface area contributed by atoms with Crippen LogP contribution in [0, 0.1) is 5.92 Å². The molecule has 5 nitrogen and oxygen atoms in total. The SMILES string of the molecule is CC(C)[C@@H](NC(=O)Cc1cccc(OC(F)(F)F)c1)C(=O)N1CCC(c2ccc(Cl)cc2)CC1. The maximum atomic E-state index is 13.2. The van der Waals surface area contributed by atoms with Gasteiger partial charge < -0.3 is 15.0 Å². The molecule has 1 aliphatic heterocycles. The van der Waals surface area contributed by atoms with Crippen molar-refractivity contribution in [3.8, 4) is 5.75 Å². The Balaban J connectivity index is 1.57. The van der Waals surface area contributed by atoms with E-state index >= 15 is 0 Å². The first-order valence-electron chi connectivity index (χ1n) is 11.2. The van der Waals surface area contributed by atoms with Gasteiger partial charge >= 0.3 is 6.36 Å². The monoisotopic (exact) mass is 496 g/mol. The summed E-state index contributed by atoms with van der Waals surface area (Å²) in [6.45, 7) is 4.87. The number of nitrogens with zero attached hydrogens (tertiary/aromatic N) is 1. The Labute approximate surface area is 202 Å². The topological polar surface area (TPSA) is 58.6 Å². The number of piperidine rings is 1. The first-order valence-corrected chi connectivity index (χ1v) is 11.6. The molecule has 0 aromatic heterocycles. The summed E-state index contributed by atoms with van der Waals surface area (Å²) in [7, 11) is 0. The minimum atomic E-state index is -4.81. The molecule has 0 aliphatic carbocycles. The van der Waals surface area contributed by atoms with Gasteiger partial charge in [0.15, 0.2) is 0 Å². The third-order valence-corrected chi connectivity index (χ3v) is 6.15. The number of carbonyl (C=O) groups excluding carboxylic acids is 2. The zero-order valence-electron chi connectivity index (χ0n) is 19.1. The molecule has 1 fully saturated rings. The summed E-state index contributed by atoms with van der Waals surface area (Å²) in [5, 5.41) is 3.46. The fraction of sp³-hybridized carbons (Fsp3) is 0.440. The highest BCUT2D eigenvalue weighted by Crippen LogP contribution is 2.29. The van der Waals surface area contributed by atoms with Gasteiger partial charge in [0.25, 0.3) is 0 Å². The standard InChI is InChI=1S/C25H28ClF3N2O3/c1-16(2)23(30-22(32)15-17-4-3-5-21(14-17)34-25(27,28)29)24(33)31-12-10-19(11-13-31)18-6-8-20(26)9-7-18/h3-9,14,16,19,23H,10-13,15H2,1-2H3,(H,30,32)/t23-/m1/s1. The zero-order valence-corrected chi connectivity index (χ0v) is 19.8. The molecular formula is C25H28ClF3N2O3. The van der Waals surface area contributed by atoms with E-state index in [0.29, 0.717) is 29.6 Å². The van der Waals surface area contributed by atoms with Gasteiger partial charge in [0.2, 0.25) is 11.8 Å². The number of alkyl halides is 3. The van der Waals surface area contributed by atoms with Crippen molar-refractivity contribution in [2.45, 2.75) is 51.4 Å². The Morgan fingerprint density at radius 2 is 1.76 bits per heavy atom. The molecule has 0 spiro atoms. The van der Waals surface area contributed by atoms with Crippen LogP contribution in [-0.2, 0) is 16.0 Å². The van der Waals surface area contributed by atoms with Crippen LogP contribution in [0.25, 0.3) is 0 Å². The van der Waals surface area contributed by atoms with Crippen molar-refractivity contribution < 1.29 is 27.5 Å². The molecule has 1 atom stereocenters. The number of benzene rings is 2. The zero-order chi connectivity index (χ0) is 24.9. The van der Waals surface area contributed by atoms with Crippen LogP contribution in [0.1, 0.15) is 43.7 Å². The van der Waals surface area contributed by atoms with Crippen molar-refractivity contribution in [2.75, 3.05) is 13.1 Å². The van der Waals surface area contributed by atoms with Gasteiger partial charge in [-0.3, -0.25) is 9.59 Å². The van der Waals surface area contributed by atoms with Crippen molar-refractivity contribution in [1.82, 2.24) is 10.2 Å². The highest BCUT2D eigenvalue weighted by atomic mass is 35.5. The second-order valence-corrected chi connectivity index (χ2v) is 9.25. The molecule has 9 heteroatoms. The molecule has 0 unspecified atom stereocenters. The highest BCUT2D eigenvalue weighted by Gasteiger charge is 2.32. The van der Waals surface area contributed by atoms with E-state index in [0.717, 1.165) is 12.8 Å². The van der Waals surface area contributed by atoms with Crippen LogP contribution >= 0.6 is 11.6 Å². The third kappa shape index (κ3) is 7.38. The predicted molar refractivity (Wildman–Crippen MR) is 124 cm³/mol. The van der Waals surface area contributed by atoms with E-state index in [2.05, 4.69) is 10.1 Å². The van der Waals surface area contributed by atoms with Gasteiger partial charge in [-0.15, -0.1) is 13.2 Å². The van der Waals surface area contributed by atoms with Crippen molar-refractivity contribution in [2.24, 2.45) is 5.92 Å². The van der Waals surface area contributed by atoms with Crippen LogP contribution in [0.15, 0.2) is 48.5 Å². The van der Waals surface area contributed by atoms with Gasteiger partial charge in [-0.05, 0) is 60.1 Å². The molecule has 2 aromatic rings. The summed E-state index contributed by atoms with van der Waals surface area (Å²) < 4.78 is 41.3. The summed E-state index contributed by atoms with van der Waals surface area (Å²) in [5.74, 6) is -0.776. The fourth-order valence-corrected chi connectivity index (χ4v) is 4.27. The normalized spacial score (nSPS) is 15.8. The quantitative estimate of drug-likeness (QED) is 0.564. The number of ether oxygens (including phenoxy) is 1. The van der Waals surface area contributed by atoms with Crippen LogP contribution in [-0.4, -0.2) is 42.2 Å². The smallest absolute Gasteiger partial charge is 0.406 e. The Hall–Kier alpha value is -2.74. The maximum Gasteiger partial charge on any atom is 0.573 e. The van der Waals surface area contributed by atoms with Crippen molar-refractivity contribution in [3.63, 3.8) is 0 Å². The van der Waals surface area contributed by atoms with Gasteiger partial charge in [-0.2, -0.15) is 0 Å². The maximum absolute atomic E-state index is 13.2. The van der Waals surface area contributed by atoms with Crippen LogP contribution < -0.4 is 10.1 Å². The Kier molecular flexibility index (Phi) is 8.47. The average Bonchev–Trinajstić information content (AvgIpc) is 2.76. The van der Waals surface area contributed by atoms with Gasteiger partial charge in [0, 0.05) is 18.1 Å². The second-order valence-electron chi connectivity index (χ2n) is 8.81. The number of halogens is 4. The number of amides is 2. The molecule has 0 radical (unpaired) electrons. The molecule has 1 heterocycles.